The second-order valence-electron chi connectivity index (χ2n) is 14.2. The molecule has 1 aliphatic carbocycles. The van der Waals surface area contributed by atoms with E-state index in [0.29, 0.717) is 23.4 Å². The lowest BCUT2D eigenvalue weighted by molar-refractivity contribution is 0.444. The van der Waals surface area contributed by atoms with Gasteiger partial charge >= 0.3 is 0 Å². The summed E-state index contributed by atoms with van der Waals surface area (Å²) in [5, 5.41) is 4.83. The monoisotopic (exact) mass is 683 g/mol. The molecule has 9 aromatic rings. The van der Waals surface area contributed by atoms with Gasteiger partial charge in [0.2, 0.25) is 0 Å². The summed E-state index contributed by atoms with van der Waals surface area (Å²) in [4.78, 5) is 14.9. The molecular formula is C49H37N3O. The maximum Gasteiger partial charge on any atom is 0.164 e. The Morgan fingerprint density at radius 3 is 1.70 bits per heavy atom. The van der Waals surface area contributed by atoms with E-state index in [9.17, 15) is 0 Å². The van der Waals surface area contributed by atoms with Gasteiger partial charge in [-0.15, -0.1) is 0 Å². The van der Waals surface area contributed by atoms with Gasteiger partial charge in [0.15, 0.2) is 17.5 Å². The minimum absolute atomic E-state index is 0.515. The molecule has 4 heteroatoms. The smallest absolute Gasteiger partial charge is 0.164 e. The molecule has 254 valence electrons. The standard InChI is InChI=1S/C49H37N3O/c1-4-14-32(15-5-1)41-27-28-42-45-40-25-11-10-16-33(40)26-29-43(45)53-46(42)44(41)38-23-12-21-36(30-38)37-22-13-24-39(31-37)49-51-47(34-17-6-2-7-18-34)50-48(52-49)35-19-8-3-9-20-35/h2-3,6-13,16-32H,1,4-5,14-15H2. The molecule has 1 saturated carbocycles. The van der Waals surface area contributed by atoms with Crippen LogP contribution in [-0.4, -0.2) is 15.0 Å². The van der Waals surface area contributed by atoms with Crippen LogP contribution in [0.5, 0.6) is 0 Å². The van der Waals surface area contributed by atoms with Crippen LogP contribution in [0, 0.1) is 0 Å². The molecule has 10 rings (SSSR count). The van der Waals surface area contributed by atoms with Gasteiger partial charge in [-0.25, -0.2) is 15.0 Å². The average molecular weight is 684 g/mol. The summed E-state index contributed by atoms with van der Waals surface area (Å²) in [7, 11) is 0. The van der Waals surface area contributed by atoms with E-state index in [2.05, 4.69) is 97.1 Å². The highest BCUT2D eigenvalue weighted by atomic mass is 16.3. The Morgan fingerprint density at radius 1 is 0.434 bits per heavy atom. The number of benzene rings is 7. The van der Waals surface area contributed by atoms with Gasteiger partial charge in [0.25, 0.3) is 0 Å². The zero-order valence-corrected chi connectivity index (χ0v) is 29.4. The van der Waals surface area contributed by atoms with Crippen LogP contribution in [0.3, 0.4) is 0 Å². The quantitative estimate of drug-likeness (QED) is 0.175. The van der Waals surface area contributed by atoms with Gasteiger partial charge in [0.1, 0.15) is 11.2 Å². The lowest BCUT2D eigenvalue weighted by Gasteiger charge is -2.25. The summed E-state index contributed by atoms with van der Waals surface area (Å²) in [6.07, 6.45) is 6.29. The highest BCUT2D eigenvalue weighted by Crippen LogP contribution is 2.46. The van der Waals surface area contributed by atoms with E-state index >= 15 is 0 Å². The zero-order chi connectivity index (χ0) is 35.1. The molecule has 0 amide bonds. The van der Waals surface area contributed by atoms with E-state index < -0.39 is 0 Å². The summed E-state index contributed by atoms with van der Waals surface area (Å²) < 4.78 is 6.87. The number of furan rings is 1. The third-order valence-electron chi connectivity index (χ3n) is 10.9. The van der Waals surface area contributed by atoms with E-state index in [1.165, 1.54) is 70.3 Å². The van der Waals surface area contributed by atoms with E-state index in [1.54, 1.807) is 0 Å². The molecule has 0 aliphatic heterocycles. The van der Waals surface area contributed by atoms with Crippen molar-refractivity contribution in [3.63, 3.8) is 0 Å². The number of hydrogen-bond acceptors (Lipinski definition) is 4. The Bertz CT molecular complexity index is 2710. The second-order valence-corrected chi connectivity index (χ2v) is 14.2. The highest BCUT2D eigenvalue weighted by Gasteiger charge is 2.24. The van der Waals surface area contributed by atoms with Crippen LogP contribution in [0.2, 0.25) is 0 Å². The number of rotatable bonds is 6. The van der Waals surface area contributed by atoms with Gasteiger partial charge in [-0.1, -0.05) is 159 Å². The largest absolute Gasteiger partial charge is 0.455 e. The summed E-state index contributed by atoms with van der Waals surface area (Å²) in [5.41, 5.74) is 10.8. The molecule has 0 N–H and O–H groups in total. The van der Waals surface area contributed by atoms with Crippen molar-refractivity contribution in [1.29, 1.82) is 0 Å². The molecule has 0 saturated heterocycles. The molecule has 2 aromatic heterocycles. The van der Waals surface area contributed by atoms with Crippen molar-refractivity contribution in [2.45, 2.75) is 38.0 Å². The van der Waals surface area contributed by atoms with E-state index in [4.69, 9.17) is 19.4 Å². The van der Waals surface area contributed by atoms with Crippen LogP contribution in [0.1, 0.15) is 43.6 Å². The Hall–Kier alpha value is -6.39. The van der Waals surface area contributed by atoms with Crippen LogP contribution in [0.25, 0.3) is 89.1 Å². The summed E-state index contributed by atoms with van der Waals surface area (Å²) in [6.45, 7) is 0. The Labute approximate surface area is 308 Å². The van der Waals surface area contributed by atoms with Crippen LogP contribution in [-0.2, 0) is 0 Å². The fourth-order valence-corrected chi connectivity index (χ4v) is 8.31. The van der Waals surface area contributed by atoms with Crippen molar-refractivity contribution >= 4 is 32.7 Å². The molecule has 1 fully saturated rings. The van der Waals surface area contributed by atoms with Gasteiger partial charge in [0.05, 0.1) is 0 Å². The molecule has 1 aliphatic rings. The minimum Gasteiger partial charge on any atom is -0.455 e. The lowest BCUT2D eigenvalue weighted by Crippen LogP contribution is -2.06. The molecule has 0 bridgehead atoms. The number of fused-ring (bicyclic) bond motifs is 5. The molecule has 0 radical (unpaired) electrons. The van der Waals surface area contributed by atoms with Crippen LogP contribution < -0.4 is 0 Å². The molecule has 2 heterocycles. The van der Waals surface area contributed by atoms with E-state index in [1.807, 2.05) is 60.7 Å². The first kappa shape index (κ1) is 31.4. The third kappa shape index (κ3) is 5.77. The fourth-order valence-electron chi connectivity index (χ4n) is 8.31. The Kier molecular flexibility index (Phi) is 7.87. The average Bonchev–Trinajstić information content (AvgIpc) is 3.64. The maximum absolute atomic E-state index is 6.87. The summed E-state index contributed by atoms with van der Waals surface area (Å²) >= 11 is 0. The first-order valence-corrected chi connectivity index (χ1v) is 18.7. The van der Waals surface area contributed by atoms with Crippen molar-refractivity contribution in [3.05, 3.63) is 163 Å². The summed E-state index contributed by atoms with van der Waals surface area (Å²) in [6, 6.07) is 55.5. The van der Waals surface area contributed by atoms with Gasteiger partial charge in [-0.05, 0) is 70.0 Å². The van der Waals surface area contributed by atoms with Crippen molar-refractivity contribution < 1.29 is 4.42 Å². The maximum atomic E-state index is 6.87. The first-order valence-electron chi connectivity index (χ1n) is 18.7. The van der Waals surface area contributed by atoms with Gasteiger partial charge < -0.3 is 4.42 Å². The van der Waals surface area contributed by atoms with Crippen LogP contribution in [0.15, 0.2) is 162 Å². The Morgan fingerprint density at radius 2 is 1.00 bits per heavy atom. The van der Waals surface area contributed by atoms with Crippen LogP contribution in [0.4, 0.5) is 0 Å². The molecule has 0 spiro atoms. The van der Waals surface area contributed by atoms with Gasteiger partial charge in [-0.2, -0.15) is 0 Å². The van der Waals surface area contributed by atoms with Crippen molar-refractivity contribution in [2.75, 3.05) is 0 Å². The van der Waals surface area contributed by atoms with E-state index in [-0.39, 0.29) is 0 Å². The van der Waals surface area contributed by atoms with Crippen LogP contribution >= 0.6 is 0 Å². The third-order valence-corrected chi connectivity index (χ3v) is 10.9. The van der Waals surface area contributed by atoms with Crippen molar-refractivity contribution in [3.8, 4) is 56.4 Å². The first-order chi connectivity index (χ1) is 26.3. The predicted molar refractivity (Wildman–Crippen MR) is 218 cm³/mol. The molecule has 4 nitrogen and oxygen atoms in total. The molecule has 53 heavy (non-hydrogen) atoms. The van der Waals surface area contributed by atoms with Gasteiger partial charge in [0, 0.05) is 33.0 Å². The lowest BCUT2D eigenvalue weighted by atomic mass is 9.80. The molecule has 0 unspecified atom stereocenters. The molecular weight excluding hydrogens is 647 g/mol. The zero-order valence-electron chi connectivity index (χ0n) is 29.4. The Balaban J connectivity index is 1.12. The normalized spacial score (nSPS) is 13.6. The number of aromatic nitrogens is 3. The predicted octanol–water partition coefficient (Wildman–Crippen LogP) is 13.3. The SMILES string of the molecule is c1ccc(-c2nc(-c3ccccc3)nc(-c3cccc(-c4cccc(-c5c(C6CCCCC6)ccc6c5oc5ccc7ccccc7c56)c4)c3)n2)cc1. The topological polar surface area (TPSA) is 51.8 Å². The fraction of sp³-hybridized carbons (Fsp3) is 0.122. The molecule has 7 aromatic carbocycles. The molecule has 0 atom stereocenters. The minimum atomic E-state index is 0.515. The second kappa shape index (κ2) is 13.3. The van der Waals surface area contributed by atoms with E-state index in [0.717, 1.165) is 39.0 Å². The van der Waals surface area contributed by atoms with Gasteiger partial charge in [-0.3, -0.25) is 0 Å². The van der Waals surface area contributed by atoms with Crippen molar-refractivity contribution in [1.82, 2.24) is 15.0 Å². The number of nitrogens with zero attached hydrogens (tertiary/aromatic N) is 3. The highest BCUT2D eigenvalue weighted by molar-refractivity contribution is 6.21. The van der Waals surface area contributed by atoms with Crippen molar-refractivity contribution in [2.24, 2.45) is 0 Å². The number of hydrogen-bond donors (Lipinski definition) is 0. The summed E-state index contributed by atoms with van der Waals surface area (Å²) in [5.74, 6) is 2.48.